The molecule has 0 spiro atoms. The average molecular weight is 341 g/mol. The van der Waals surface area contributed by atoms with Crippen molar-refractivity contribution in [3.8, 4) is 11.3 Å². The number of benzene rings is 2. The number of anilines is 1. The van der Waals surface area contributed by atoms with E-state index in [1.807, 2.05) is 60.7 Å². The van der Waals surface area contributed by atoms with Crippen LogP contribution in [-0.2, 0) is 10.0 Å². The number of para-hydroxylation sites is 1. The second-order valence-corrected chi connectivity index (χ2v) is 7.36. The fourth-order valence-electron chi connectivity index (χ4n) is 2.51. The molecule has 2 aromatic carbocycles. The predicted octanol–water partition coefficient (Wildman–Crippen LogP) is 2.86. The highest BCUT2D eigenvalue weighted by atomic mass is 32.2. The van der Waals surface area contributed by atoms with Crippen LogP contribution in [0.2, 0.25) is 0 Å². The lowest BCUT2D eigenvalue weighted by molar-refractivity contribution is 0.589. The molecule has 6 heteroatoms. The van der Waals surface area contributed by atoms with Crippen molar-refractivity contribution in [3.05, 3.63) is 60.7 Å². The van der Waals surface area contributed by atoms with Crippen molar-refractivity contribution in [2.24, 2.45) is 0 Å². The van der Waals surface area contributed by atoms with Gasteiger partial charge in [-0.05, 0) is 12.1 Å². The van der Waals surface area contributed by atoms with E-state index in [1.54, 1.807) is 0 Å². The molecule has 0 aliphatic carbocycles. The highest BCUT2D eigenvalue weighted by molar-refractivity contribution is 7.88. The van der Waals surface area contributed by atoms with Crippen molar-refractivity contribution in [2.45, 2.75) is 0 Å². The van der Waals surface area contributed by atoms with E-state index in [-0.39, 0.29) is 0 Å². The first-order chi connectivity index (χ1) is 11.5. The first-order valence-corrected chi connectivity index (χ1v) is 9.56. The third-order valence-corrected chi connectivity index (χ3v) is 4.32. The maximum absolute atomic E-state index is 11.1. The molecule has 0 radical (unpaired) electrons. The number of aromatic nitrogens is 1. The highest BCUT2D eigenvalue weighted by Crippen LogP contribution is 2.27. The zero-order valence-corrected chi connectivity index (χ0v) is 14.2. The molecule has 2 N–H and O–H groups in total. The van der Waals surface area contributed by atoms with Crippen LogP contribution >= 0.6 is 0 Å². The lowest BCUT2D eigenvalue weighted by Crippen LogP contribution is -2.27. The Morgan fingerprint density at radius 3 is 2.42 bits per heavy atom. The monoisotopic (exact) mass is 341 g/mol. The summed E-state index contributed by atoms with van der Waals surface area (Å²) in [6, 6.07) is 19.9. The maximum Gasteiger partial charge on any atom is 0.208 e. The third kappa shape index (κ3) is 4.10. The Morgan fingerprint density at radius 2 is 1.67 bits per heavy atom. The third-order valence-electron chi connectivity index (χ3n) is 3.59. The van der Waals surface area contributed by atoms with E-state index in [0.717, 1.165) is 34.1 Å². The molecule has 24 heavy (non-hydrogen) atoms. The minimum absolute atomic E-state index is 0.330. The van der Waals surface area contributed by atoms with Crippen molar-refractivity contribution < 1.29 is 8.42 Å². The van der Waals surface area contributed by atoms with Crippen LogP contribution in [0.4, 0.5) is 5.69 Å². The zero-order valence-electron chi connectivity index (χ0n) is 13.4. The largest absolute Gasteiger partial charge is 0.383 e. The van der Waals surface area contributed by atoms with Crippen LogP contribution in [0.5, 0.6) is 0 Å². The molecule has 3 rings (SSSR count). The van der Waals surface area contributed by atoms with Crippen LogP contribution in [0.3, 0.4) is 0 Å². The molecule has 0 fully saturated rings. The van der Waals surface area contributed by atoms with Crippen molar-refractivity contribution in [1.29, 1.82) is 0 Å². The lowest BCUT2D eigenvalue weighted by atomic mass is 10.1. The quantitative estimate of drug-likeness (QED) is 0.676. The molecule has 0 aliphatic rings. The SMILES string of the molecule is CS(=O)(=O)NCCNc1cc(-c2ccccc2)nc2ccccc12. The van der Waals surface area contributed by atoms with Crippen molar-refractivity contribution in [1.82, 2.24) is 9.71 Å². The van der Waals surface area contributed by atoms with Crippen LogP contribution in [0, 0.1) is 0 Å². The molecule has 124 valence electrons. The Hall–Kier alpha value is -2.44. The second-order valence-electron chi connectivity index (χ2n) is 5.53. The molecule has 0 saturated carbocycles. The molecule has 0 unspecified atom stereocenters. The minimum atomic E-state index is -3.17. The molecule has 0 bridgehead atoms. The second kappa shape index (κ2) is 6.98. The molecule has 1 aromatic heterocycles. The number of sulfonamides is 1. The molecular weight excluding hydrogens is 322 g/mol. The topological polar surface area (TPSA) is 71.1 Å². The number of nitrogens with one attached hydrogen (secondary N) is 2. The Bertz CT molecular complexity index is 941. The van der Waals surface area contributed by atoms with Gasteiger partial charge in [0.1, 0.15) is 0 Å². The normalized spacial score (nSPS) is 11.5. The van der Waals surface area contributed by atoms with E-state index in [9.17, 15) is 8.42 Å². The highest BCUT2D eigenvalue weighted by Gasteiger charge is 2.07. The molecule has 0 aliphatic heterocycles. The van der Waals surface area contributed by atoms with Crippen molar-refractivity contribution in [2.75, 3.05) is 24.7 Å². The number of hydrogen-bond acceptors (Lipinski definition) is 4. The standard InChI is InChI=1S/C18H19N3O2S/c1-24(22,23)20-12-11-19-18-13-17(14-7-3-2-4-8-14)21-16-10-6-5-9-15(16)18/h2-10,13,20H,11-12H2,1H3,(H,19,21). The van der Waals surface area contributed by atoms with Gasteiger partial charge in [0, 0.05) is 29.7 Å². The fraction of sp³-hybridized carbons (Fsp3) is 0.167. The van der Waals surface area contributed by atoms with E-state index in [2.05, 4.69) is 10.0 Å². The Labute approximate surface area is 141 Å². The van der Waals surface area contributed by atoms with Crippen LogP contribution in [0.15, 0.2) is 60.7 Å². The van der Waals surface area contributed by atoms with E-state index in [0.29, 0.717) is 13.1 Å². The summed E-state index contributed by atoms with van der Waals surface area (Å²) in [5.41, 5.74) is 3.76. The lowest BCUT2D eigenvalue weighted by Gasteiger charge is -2.12. The summed E-state index contributed by atoms with van der Waals surface area (Å²) in [7, 11) is -3.17. The summed E-state index contributed by atoms with van der Waals surface area (Å²) < 4.78 is 24.8. The first kappa shape index (κ1) is 16.4. The summed E-state index contributed by atoms with van der Waals surface area (Å²) in [6.07, 6.45) is 1.16. The number of hydrogen-bond donors (Lipinski definition) is 2. The van der Waals surface area contributed by atoms with E-state index in [1.165, 1.54) is 0 Å². The van der Waals surface area contributed by atoms with E-state index < -0.39 is 10.0 Å². The van der Waals surface area contributed by atoms with Gasteiger partial charge in [0.15, 0.2) is 0 Å². The van der Waals surface area contributed by atoms with Gasteiger partial charge in [0.25, 0.3) is 0 Å². The number of rotatable bonds is 6. The number of nitrogens with zero attached hydrogens (tertiary/aromatic N) is 1. The van der Waals surface area contributed by atoms with Gasteiger partial charge in [0.05, 0.1) is 17.5 Å². The molecule has 3 aromatic rings. The van der Waals surface area contributed by atoms with Crippen molar-refractivity contribution >= 4 is 26.6 Å². The van der Waals surface area contributed by atoms with Gasteiger partial charge >= 0.3 is 0 Å². The van der Waals surface area contributed by atoms with Gasteiger partial charge in [-0.3, -0.25) is 0 Å². The molecule has 1 heterocycles. The number of pyridine rings is 1. The Balaban J connectivity index is 1.90. The summed E-state index contributed by atoms with van der Waals surface area (Å²) >= 11 is 0. The molecular formula is C18H19N3O2S. The van der Waals surface area contributed by atoms with Gasteiger partial charge in [-0.2, -0.15) is 0 Å². The Kier molecular flexibility index (Phi) is 4.78. The minimum Gasteiger partial charge on any atom is -0.383 e. The predicted molar refractivity (Wildman–Crippen MR) is 98.5 cm³/mol. The molecule has 0 amide bonds. The molecule has 0 atom stereocenters. The maximum atomic E-state index is 11.1. The Morgan fingerprint density at radius 1 is 0.958 bits per heavy atom. The van der Waals surface area contributed by atoms with Gasteiger partial charge in [-0.25, -0.2) is 18.1 Å². The van der Waals surface area contributed by atoms with Gasteiger partial charge in [-0.1, -0.05) is 48.5 Å². The van der Waals surface area contributed by atoms with Gasteiger partial charge < -0.3 is 5.32 Å². The van der Waals surface area contributed by atoms with Crippen molar-refractivity contribution in [3.63, 3.8) is 0 Å². The summed E-state index contributed by atoms with van der Waals surface area (Å²) in [5, 5.41) is 4.31. The summed E-state index contributed by atoms with van der Waals surface area (Å²) in [6.45, 7) is 0.825. The first-order valence-electron chi connectivity index (χ1n) is 7.67. The molecule has 5 nitrogen and oxygen atoms in total. The zero-order chi connectivity index (χ0) is 17.0. The van der Waals surface area contributed by atoms with E-state index in [4.69, 9.17) is 4.98 Å². The summed E-state index contributed by atoms with van der Waals surface area (Å²) in [4.78, 5) is 4.72. The van der Waals surface area contributed by atoms with Gasteiger partial charge in [-0.15, -0.1) is 0 Å². The average Bonchev–Trinajstić information content (AvgIpc) is 2.58. The molecule has 0 saturated heterocycles. The van der Waals surface area contributed by atoms with Gasteiger partial charge in [0.2, 0.25) is 10.0 Å². The van der Waals surface area contributed by atoms with Crippen LogP contribution < -0.4 is 10.0 Å². The van der Waals surface area contributed by atoms with Crippen LogP contribution in [0.1, 0.15) is 0 Å². The van der Waals surface area contributed by atoms with Crippen LogP contribution in [0.25, 0.3) is 22.2 Å². The summed E-state index contributed by atoms with van der Waals surface area (Å²) in [5.74, 6) is 0. The smallest absolute Gasteiger partial charge is 0.208 e. The number of fused-ring (bicyclic) bond motifs is 1. The van der Waals surface area contributed by atoms with Crippen LogP contribution in [-0.4, -0.2) is 32.7 Å². The van der Waals surface area contributed by atoms with E-state index >= 15 is 0 Å². The fourth-order valence-corrected chi connectivity index (χ4v) is 2.98.